The second kappa shape index (κ2) is 6.97. The van der Waals surface area contributed by atoms with Crippen molar-refractivity contribution in [3.8, 4) is 5.75 Å². The molecule has 9 heteroatoms. The Morgan fingerprint density at radius 1 is 1.30 bits per heavy atom. The van der Waals surface area contributed by atoms with Crippen molar-refractivity contribution in [2.75, 3.05) is 17.6 Å². The number of aromatic nitrogens is 2. The number of benzene rings is 1. The van der Waals surface area contributed by atoms with Crippen LogP contribution in [0.25, 0.3) is 0 Å². The molecular formula is C14H14N4O3S2. The van der Waals surface area contributed by atoms with Crippen LogP contribution >= 0.6 is 23.5 Å². The molecule has 0 amide bonds. The van der Waals surface area contributed by atoms with Crippen LogP contribution < -0.4 is 16.6 Å². The smallest absolute Gasteiger partial charge is 0.327 e. The van der Waals surface area contributed by atoms with Crippen molar-refractivity contribution in [1.29, 1.82) is 0 Å². The van der Waals surface area contributed by atoms with Gasteiger partial charge in [0.2, 0.25) is 0 Å². The van der Waals surface area contributed by atoms with E-state index in [-0.39, 0.29) is 11.6 Å². The third-order valence-electron chi connectivity index (χ3n) is 3.04. The van der Waals surface area contributed by atoms with Crippen molar-refractivity contribution in [3.63, 3.8) is 0 Å². The third kappa shape index (κ3) is 3.99. The Kier molecular flexibility index (Phi) is 4.77. The second-order valence-electron chi connectivity index (χ2n) is 4.70. The van der Waals surface area contributed by atoms with Gasteiger partial charge in [0.25, 0.3) is 5.56 Å². The number of aliphatic imine (C=N–C) groups is 1. The lowest BCUT2D eigenvalue weighted by Crippen LogP contribution is -2.23. The van der Waals surface area contributed by atoms with E-state index in [1.165, 1.54) is 17.8 Å². The molecule has 2 aromatic rings. The van der Waals surface area contributed by atoms with Gasteiger partial charge in [0.15, 0.2) is 0 Å². The van der Waals surface area contributed by atoms with Crippen molar-refractivity contribution in [2.24, 2.45) is 4.99 Å². The first-order chi connectivity index (χ1) is 11.1. The highest BCUT2D eigenvalue weighted by Crippen LogP contribution is 2.38. The first-order valence-electron chi connectivity index (χ1n) is 6.84. The third-order valence-corrected chi connectivity index (χ3v) is 5.39. The number of phenols is 1. The van der Waals surface area contributed by atoms with Crippen LogP contribution in [0.3, 0.4) is 0 Å². The topological polar surface area (TPSA) is 110 Å². The second-order valence-corrected chi connectivity index (χ2v) is 7.13. The van der Waals surface area contributed by atoms with Crippen LogP contribution in [-0.4, -0.2) is 31.7 Å². The molecule has 0 spiro atoms. The minimum atomic E-state index is -0.589. The normalized spacial score (nSPS) is 15.2. The molecule has 0 aliphatic carbocycles. The van der Waals surface area contributed by atoms with Crippen LogP contribution in [0.2, 0.25) is 0 Å². The SMILES string of the molecule is O=c1cc(NC(SC2=NCCS2)c2ccccc2O)[nH]c(=O)[nH]1. The number of nitrogens with zero attached hydrogens (tertiary/aromatic N) is 1. The Bertz CT molecular complexity index is 818. The Balaban J connectivity index is 1.92. The van der Waals surface area contributed by atoms with Crippen molar-refractivity contribution in [2.45, 2.75) is 5.37 Å². The average molecular weight is 350 g/mol. The van der Waals surface area contributed by atoms with Gasteiger partial charge in [-0.15, -0.1) is 0 Å². The van der Waals surface area contributed by atoms with Crippen molar-refractivity contribution in [3.05, 3.63) is 56.7 Å². The lowest BCUT2D eigenvalue weighted by atomic mass is 10.2. The molecule has 0 fully saturated rings. The highest BCUT2D eigenvalue weighted by atomic mass is 32.2. The largest absolute Gasteiger partial charge is 0.508 e. The molecule has 0 saturated heterocycles. The van der Waals surface area contributed by atoms with E-state index >= 15 is 0 Å². The van der Waals surface area contributed by atoms with Gasteiger partial charge in [0, 0.05) is 17.4 Å². The summed E-state index contributed by atoms with van der Waals surface area (Å²) in [5, 5.41) is 12.8. The van der Waals surface area contributed by atoms with Gasteiger partial charge in [0.05, 0.1) is 6.54 Å². The van der Waals surface area contributed by atoms with Crippen LogP contribution in [-0.2, 0) is 0 Å². The summed E-state index contributed by atoms with van der Waals surface area (Å²) in [6.45, 7) is 0.766. The van der Waals surface area contributed by atoms with E-state index in [2.05, 4.69) is 20.3 Å². The van der Waals surface area contributed by atoms with Crippen molar-refractivity contribution >= 4 is 33.7 Å². The Labute approximate surface area is 139 Å². The zero-order chi connectivity index (χ0) is 16.2. The number of H-pyrrole nitrogens is 2. The molecule has 120 valence electrons. The van der Waals surface area contributed by atoms with Crippen LogP contribution in [0.4, 0.5) is 5.82 Å². The van der Waals surface area contributed by atoms with Crippen LogP contribution in [0.5, 0.6) is 5.75 Å². The summed E-state index contributed by atoms with van der Waals surface area (Å²) in [7, 11) is 0. The van der Waals surface area contributed by atoms with Gasteiger partial charge in [-0.25, -0.2) is 4.79 Å². The molecule has 7 nitrogen and oxygen atoms in total. The van der Waals surface area contributed by atoms with Crippen LogP contribution in [0.1, 0.15) is 10.9 Å². The van der Waals surface area contributed by atoms with Gasteiger partial charge >= 0.3 is 5.69 Å². The maximum Gasteiger partial charge on any atom is 0.327 e. The predicted molar refractivity (Wildman–Crippen MR) is 94.5 cm³/mol. The van der Waals surface area contributed by atoms with Crippen molar-refractivity contribution < 1.29 is 5.11 Å². The summed E-state index contributed by atoms with van der Waals surface area (Å²) in [5.74, 6) is 1.34. The number of nitrogens with one attached hydrogen (secondary N) is 3. The molecule has 4 N–H and O–H groups in total. The zero-order valence-corrected chi connectivity index (χ0v) is 13.5. The molecule has 1 aliphatic heterocycles. The first-order valence-corrected chi connectivity index (χ1v) is 8.70. The zero-order valence-electron chi connectivity index (χ0n) is 11.9. The molecule has 1 aromatic carbocycles. The van der Waals surface area contributed by atoms with Gasteiger partial charge in [-0.3, -0.25) is 19.8 Å². The van der Waals surface area contributed by atoms with E-state index < -0.39 is 16.6 Å². The van der Waals surface area contributed by atoms with E-state index in [9.17, 15) is 14.7 Å². The minimum absolute atomic E-state index is 0.133. The molecule has 0 saturated carbocycles. The number of aromatic amines is 2. The molecule has 0 bridgehead atoms. The molecule has 23 heavy (non-hydrogen) atoms. The number of anilines is 1. The predicted octanol–water partition coefficient (Wildman–Crippen LogP) is 1.72. The number of para-hydroxylation sites is 1. The molecule has 1 aromatic heterocycles. The molecule has 1 unspecified atom stereocenters. The number of hydrogen-bond donors (Lipinski definition) is 4. The van der Waals surface area contributed by atoms with Gasteiger partial charge in [0.1, 0.15) is 21.3 Å². The molecule has 1 atom stereocenters. The molecule has 2 heterocycles. The number of thioether (sulfide) groups is 2. The Hall–Kier alpha value is -2.13. The fraction of sp³-hybridized carbons (Fsp3) is 0.214. The lowest BCUT2D eigenvalue weighted by molar-refractivity contribution is 0.469. The van der Waals surface area contributed by atoms with Crippen LogP contribution in [0, 0.1) is 0 Å². The number of phenolic OH excluding ortho intramolecular Hbond substituents is 1. The van der Waals surface area contributed by atoms with Gasteiger partial charge < -0.3 is 10.4 Å². The maximum absolute atomic E-state index is 11.4. The van der Waals surface area contributed by atoms with Gasteiger partial charge in [-0.2, -0.15) is 0 Å². The highest BCUT2D eigenvalue weighted by molar-refractivity contribution is 8.39. The summed E-state index contributed by atoms with van der Waals surface area (Å²) < 4.78 is 0.901. The summed E-state index contributed by atoms with van der Waals surface area (Å²) >= 11 is 3.07. The Morgan fingerprint density at radius 3 is 2.83 bits per heavy atom. The summed E-state index contributed by atoms with van der Waals surface area (Å²) in [6, 6.07) is 8.19. The monoisotopic (exact) mass is 350 g/mol. The fourth-order valence-electron chi connectivity index (χ4n) is 2.06. The van der Waals surface area contributed by atoms with Gasteiger partial charge in [-0.05, 0) is 6.07 Å². The summed E-state index contributed by atoms with van der Waals surface area (Å²) in [6.07, 6.45) is 0. The number of hydrogen-bond acceptors (Lipinski definition) is 7. The fourth-order valence-corrected chi connectivity index (χ4v) is 4.29. The van der Waals surface area contributed by atoms with Crippen LogP contribution in [0.15, 0.2) is 44.9 Å². The number of aromatic hydroxyl groups is 1. The highest BCUT2D eigenvalue weighted by Gasteiger charge is 2.21. The van der Waals surface area contributed by atoms with E-state index in [0.717, 1.165) is 16.7 Å². The lowest BCUT2D eigenvalue weighted by Gasteiger charge is -2.20. The Morgan fingerprint density at radius 2 is 2.13 bits per heavy atom. The molecule has 3 rings (SSSR count). The summed E-state index contributed by atoms with van der Waals surface area (Å²) in [5.41, 5.74) is -0.438. The van der Waals surface area contributed by atoms with Crippen molar-refractivity contribution in [1.82, 2.24) is 9.97 Å². The quantitative estimate of drug-likeness (QED) is 0.625. The standard InChI is InChI=1S/C14H14N4O3S2/c19-9-4-2-1-3-8(9)12(23-14-15-5-6-22-14)16-10-7-11(20)18-13(21)17-10/h1-4,7,12,19H,5-6H2,(H3,16,17,18,20,21). The molecular weight excluding hydrogens is 336 g/mol. The minimum Gasteiger partial charge on any atom is -0.508 e. The van der Waals surface area contributed by atoms with E-state index in [0.29, 0.717) is 5.56 Å². The average Bonchev–Trinajstić information content (AvgIpc) is 2.99. The molecule has 0 radical (unpaired) electrons. The maximum atomic E-state index is 11.4. The van der Waals surface area contributed by atoms with E-state index in [4.69, 9.17) is 0 Å². The summed E-state index contributed by atoms with van der Waals surface area (Å²) in [4.78, 5) is 31.9. The number of rotatable bonds is 4. The molecule has 1 aliphatic rings. The van der Waals surface area contributed by atoms with E-state index in [1.807, 2.05) is 6.07 Å². The van der Waals surface area contributed by atoms with Gasteiger partial charge in [-0.1, -0.05) is 41.7 Å². The first kappa shape index (κ1) is 15.8. The van der Waals surface area contributed by atoms with E-state index in [1.54, 1.807) is 30.0 Å².